The Bertz CT molecular complexity index is 307. The summed E-state index contributed by atoms with van der Waals surface area (Å²) in [6, 6.07) is -0.169. The van der Waals surface area contributed by atoms with Crippen molar-refractivity contribution in [3.05, 3.63) is 0 Å². The van der Waals surface area contributed by atoms with Gasteiger partial charge in [-0.05, 0) is 33.1 Å². The van der Waals surface area contributed by atoms with Crippen molar-refractivity contribution in [3.8, 4) is 0 Å². The van der Waals surface area contributed by atoms with Crippen molar-refractivity contribution in [2.75, 3.05) is 6.54 Å². The first-order valence-corrected chi connectivity index (χ1v) is 6.81. The lowest BCUT2D eigenvalue weighted by molar-refractivity contribution is -0.142. The van der Waals surface area contributed by atoms with Crippen LogP contribution in [0.25, 0.3) is 0 Å². The third-order valence-electron chi connectivity index (χ3n) is 3.87. The molecule has 1 saturated carbocycles. The fourth-order valence-corrected chi connectivity index (χ4v) is 2.55. The first kappa shape index (κ1) is 14.8. The Morgan fingerprint density at radius 1 is 1.39 bits per heavy atom. The number of carbonyl (C=O) groups is 2. The van der Waals surface area contributed by atoms with Gasteiger partial charge in [0, 0.05) is 18.6 Å². The molecular weight excluding hydrogens is 232 g/mol. The van der Waals surface area contributed by atoms with E-state index in [1.807, 2.05) is 20.8 Å². The van der Waals surface area contributed by atoms with Crippen LogP contribution < -0.4 is 5.32 Å². The van der Waals surface area contributed by atoms with Crippen LogP contribution in [0.4, 0.5) is 4.79 Å². The maximum atomic E-state index is 12.1. The van der Waals surface area contributed by atoms with E-state index in [4.69, 9.17) is 5.11 Å². The number of hydrogen-bond donors (Lipinski definition) is 2. The maximum absolute atomic E-state index is 12.1. The molecule has 104 valence electrons. The van der Waals surface area contributed by atoms with E-state index >= 15 is 0 Å². The molecule has 0 bridgehead atoms. The van der Waals surface area contributed by atoms with Crippen LogP contribution in [0.3, 0.4) is 0 Å². The minimum absolute atomic E-state index is 0.134. The van der Waals surface area contributed by atoms with Gasteiger partial charge in [0.1, 0.15) is 0 Å². The van der Waals surface area contributed by atoms with Gasteiger partial charge in [0.2, 0.25) is 0 Å². The van der Waals surface area contributed by atoms with E-state index in [0.29, 0.717) is 13.0 Å². The van der Waals surface area contributed by atoms with E-state index in [-0.39, 0.29) is 18.1 Å². The summed E-state index contributed by atoms with van der Waals surface area (Å²) < 4.78 is 0. The number of carboxylic acids is 1. The molecule has 0 aromatic carbocycles. The molecule has 0 aromatic heterocycles. The molecule has 0 aromatic rings. The lowest BCUT2D eigenvalue weighted by Crippen LogP contribution is -2.50. The number of urea groups is 1. The molecule has 2 N–H and O–H groups in total. The number of rotatable bonds is 5. The first-order chi connectivity index (χ1) is 8.51. The summed E-state index contributed by atoms with van der Waals surface area (Å²) in [7, 11) is 0. The molecule has 1 aliphatic rings. The second-order valence-corrected chi connectivity index (χ2v) is 4.97. The SMILES string of the molecule is CCC(C)N(CC)C(=O)NC1CCCC1C(=O)O. The van der Waals surface area contributed by atoms with Gasteiger partial charge in [-0.2, -0.15) is 0 Å². The van der Waals surface area contributed by atoms with E-state index in [9.17, 15) is 9.59 Å². The number of nitrogens with one attached hydrogen (secondary N) is 1. The highest BCUT2D eigenvalue weighted by Gasteiger charge is 2.34. The molecule has 1 rings (SSSR count). The molecule has 3 unspecified atom stereocenters. The summed E-state index contributed by atoms with van der Waals surface area (Å²) in [5, 5.41) is 12.0. The van der Waals surface area contributed by atoms with E-state index in [0.717, 1.165) is 19.3 Å². The maximum Gasteiger partial charge on any atom is 0.317 e. The molecule has 0 saturated heterocycles. The molecule has 0 aliphatic heterocycles. The van der Waals surface area contributed by atoms with Crippen LogP contribution in [0, 0.1) is 5.92 Å². The van der Waals surface area contributed by atoms with E-state index in [1.54, 1.807) is 4.90 Å². The smallest absolute Gasteiger partial charge is 0.317 e. The molecule has 5 nitrogen and oxygen atoms in total. The zero-order valence-corrected chi connectivity index (χ0v) is 11.5. The van der Waals surface area contributed by atoms with Crippen molar-refractivity contribution in [2.24, 2.45) is 5.92 Å². The Hall–Kier alpha value is -1.26. The Kier molecular flexibility index (Phi) is 5.44. The molecule has 1 fully saturated rings. The zero-order chi connectivity index (χ0) is 13.7. The molecule has 0 heterocycles. The highest BCUT2D eigenvalue weighted by Crippen LogP contribution is 2.26. The Morgan fingerprint density at radius 2 is 2.06 bits per heavy atom. The van der Waals surface area contributed by atoms with E-state index < -0.39 is 11.9 Å². The number of carbonyl (C=O) groups excluding carboxylic acids is 1. The van der Waals surface area contributed by atoms with Crippen molar-refractivity contribution in [3.63, 3.8) is 0 Å². The van der Waals surface area contributed by atoms with Crippen LogP contribution in [0.5, 0.6) is 0 Å². The second kappa shape index (κ2) is 6.61. The van der Waals surface area contributed by atoms with Crippen LogP contribution in [0.1, 0.15) is 46.5 Å². The quantitative estimate of drug-likeness (QED) is 0.791. The van der Waals surface area contributed by atoms with Crippen molar-refractivity contribution in [1.29, 1.82) is 0 Å². The number of carboxylic acid groups (broad SMARTS) is 1. The fourth-order valence-electron chi connectivity index (χ4n) is 2.55. The molecule has 1 aliphatic carbocycles. The summed E-state index contributed by atoms with van der Waals surface area (Å²) in [5.41, 5.74) is 0. The van der Waals surface area contributed by atoms with Crippen molar-refractivity contribution < 1.29 is 14.7 Å². The summed E-state index contributed by atoms with van der Waals surface area (Å²) >= 11 is 0. The highest BCUT2D eigenvalue weighted by atomic mass is 16.4. The zero-order valence-electron chi connectivity index (χ0n) is 11.5. The number of nitrogens with zero attached hydrogens (tertiary/aromatic N) is 1. The van der Waals surface area contributed by atoms with Gasteiger partial charge in [-0.25, -0.2) is 4.79 Å². The molecule has 0 radical (unpaired) electrons. The summed E-state index contributed by atoms with van der Waals surface area (Å²) in [5.74, 6) is -1.23. The minimum atomic E-state index is -0.801. The Morgan fingerprint density at radius 3 is 2.56 bits per heavy atom. The van der Waals surface area contributed by atoms with Crippen LogP contribution in [0.15, 0.2) is 0 Å². The lowest BCUT2D eigenvalue weighted by Gasteiger charge is -2.29. The van der Waals surface area contributed by atoms with Crippen LogP contribution in [0.2, 0.25) is 0 Å². The third kappa shape index (κ3) is 3.37. The van der Waals surface area contributed by atoms with Crippen LogP contribution in [-0.2, 0) is 4.79 Å². The van der Waals surface area contributed by atoms with Crippen LogP contribution >= 0.6 is 0 Å². The molecule has 2 amide bonds. The van der Waals surface area contributed by atoms with Gasteiger partial charge < -0.3 is 15.3 Å². The highest BCUT2D eigenvalue weighted by molar-refractivity contribution is 5.77. The second-order valence-electron chi connectivity index (χ2n) is 4.97. The van der Waals surface area contributed by atoms with Crippen molar-refractivity contribution in [2.45, 2.75) is 58.5 Å². The number of hydrogen-bond acceptors (Lipinski definition) is 2. The van der Waals surface area contributed by atoms with Crippen molar-refractivity contribution in [1.82, 2.24) is 10.2 Å². The fraction of sp³-hybridized carbons (Fsp3) is 0.846. The van der Waals surface area contributed by atoms with Gasteiger partial charge in [0.25, 0.3) is 0 Å². The van der Waals surface area contributed by atoms with Gasteiger partial charge >= 0.3 is 12.0 Å². The van der Waals surface area contributed by atoms with Gasteiger partial charge in [0.05, 0.1) is 5.92 Å². The average molecular weight is 256 g/mol. The van der Waals surface area contributed by atoms with Crippen LogP contribution in [-0.4, -0.2) is 40.6 Å². The summed E-state index contributed by atoms with van der Waals surface area (Å²) in [6.45, 7) is 6.63. The topological polar surface area (TPSA) is 69.6 Å². The number of amides is 2. The van der Waals surface area contributed by atoms with Crippen molar-refractivity contribution >= 4 is 12.0 Å². The lowest BCUT2D eigenvalue weighted by atomic mass is 10.0. The predicted octanol–water partition coefficient (Wildman–Crippen LogP) is 2.07. The Balaban J connectivity index is 2.60. The average Bonchev–Trinajstić information content (AvgIpc) is 2.77. The monoisotopic (exact) mass is 256 g/mol. The van der Waals surface area contributed by atoms with Gasteiger partial charge in [0.15, 0.2) is 0 Å². The van der Waals surface area contributed by atoms with E-state index in [2.05, 4.69) is 5.32 Å². The van der Waals surface area contributed by atoms with E-state index in [1.165, 1.54) is 0 Å². The molecule has 0 spiro atoms. The summed E-state index contributed by atoms with van der Waals surface area (Å²) in [4.78, 5) is 24.9. The predicted molar refractivity (Wildman–Crippen MR) is 69.4 cm³/mol. The van der Waals surface area contributed by atoms with Gasteiger partial charge in [-0.3, -0.25) is 4.79 Å². The molecule has 18 heavy (non-hydrogen) atoms. The molecule has 3 atom stereocenters. The first-order valence-electron chi connectivity index (χ1n) is 6.81. The molecular formula is C13H24N2O3. The van der Waals surface area contributed by atoms with Gasteiger partial charge in [-0.15, -0.1) is 0 Å². The standard InChI is InChI=1S/C13H24N2O3/c1-4-9(3)15(5-2)13(18)14-11-8-6-7-10(11)12(16)17/h9-11H,4-8H2,1-3H3,(H,14,18)(H,16,17). The van der Waals surface area contributed by atoms with Gasteiger partial charge in [-0.1, -0.05) is 13.3 Å². The largest absolute Gasteiger partial charge is 0.481 e. The molecule has 5 heteroatoms. The normalized spacial score (nSPS) is 24.6. The number of aliphatic carboxylic acids is 1. The minimum Gasteiger partial charge on any atom is -0.481 e. The third-order valence-corrected chi connectivity index (χ3v) is 3.87. The summed E-state index contributed by atoms with van der Waals surface area (Å²) in [6.07, 6.45) is 3.20. The Labute approximate surface area is 109 Å².